The van der Waals surface area contributed by atoms with Gasteiger partial charge in [0.05, 0.1) is 11.5 Å². The molecule has 168 valence electrons. The molecule has 1 saturated heterocycles. The second kappa shape index (κ2) is 9.87. The standard InChI is InChI=1S/C25H21FN2O4S/c1-2-13-32-21-12-7-16-5-3-4-6-19(16)20(21)14-22-24(30)28(25(31)33-22)15-23(29)27-18-10-8-17(26)9-11-18/h3-12,14H,2,13,15H2,1H3,(H,27,29)/b22-14-. The number of carbonyl (C=O) groups is 3. The summed E-state index contributed by atoms with van der Waals surface area (Å²) in [6.45, 7) is 2.08. The third-order valence-corrected chi connectivity index (χ3v) is 5.88. The molecule has 3 aromatic carbocycles. The maximum Gasteiger partial charge on any atom is 0.294 e. The van der Waals surface area contributed by atoms with E-state index in [9.17, 15) is 18.8 Å². The first-order chi connectivity index (χ1) is 16.0. The van der Waals surface area contributed by atoms with Crippen molar-refractivity contribution < 1.29 is 23.5 Å². The van der Waals surface area contributed by atoms with Crippen molar-refractivity contribution in [3.63, 3.8) is 0 Å². The molecule has 0 saturated carbocycles. The molecule has 0 radical (unpaired) electrons. The second-order valence-corrected chi connectivity index (χ2v) is 8.36. The van der Waals surface area contributed by atoms with E-state index in [1.807, 2.05) is 43.3 Å². The average Bonchev–Trinajstić information content (AvgIpc) is 3.07. The first kappa shape index (κ1) is 22.5. The maximum absolute atomic E-state index is 13.0. The number of nitrogens with zero attached hydrogens (tertiary/aromatic N) is 1. The molecule has 33 heavy (non-hydrogen) atoms. The quantitative estimate of drug-likeness (QED) is 0.471. The van der Waals surface area contributed by atoms with Gasteiger partial charge >= 0.3 is 0 Å². The summed E-state index contributed by atoms with van der Waals surface area (Å²) >= 11 is 0.781. The molecular weight excluding hydrogens is 443 g/mol. The normalized spacial score (nSPS) is 14.8. The number of benzene rings is 3. The molecule has 1 N–H and O–H groups in total. The Kier molecular flexibility index (Phi) is 6.74. The molecule has 1 heterocycles. The summed E-state index contributed by atoms with van der Waals surface area (Å²) in [6.07, 6.45) is 2.47. The van der Waals surface area contributed by atoms with E-state index in [-0.39, 0.29) is 4.91 Å². The molecule has 6 nitrogen and oxygen atoms in total. The number of nitrogens with one attached hydrogen (secondary N) is 1. The number of anilines is 1. The van der Waals surface area contributed by atoms with Gasteiger partial charge in [-0.15, -0.1) is 0 Å². The number of amides is 3. The van der Waals surface area contributed by atoms with Gasteiger partial charge in [-0.3, -0.25) is 19.3 Å². The first-order valence-electron chi connectivity index (χ1n) is 10.4. The molecule has 8 heteroatoms. The van der Waals surface area contributed by atoms with Crippen molar-refractivity contribution >= 4 is 51.4 Å². The van der Waals surface area contributed by atoms with Crippen molar-refractivity contribution in [2.45, 2.75) is 13.3 Å². The van der Waals surface area contributed by atoms with Gasteiger partial charge in [0.1, 0.15) is 18.1 Å². The zero-order valence-corrected chi connectivity index (χ0v) is 18.7. The Morgan fingerprint density at radius 1 is 1.09 bits per heavy atom. The van der Waals surface area contributed by atoms with Gasteiger partial charge < -0.3 is 10.1 Å². The maximum atomic E-state index is 13.0. The summed E-state index contributed by atoms with van der Waals surface area (Å²) in [4.78, 5) is 38.9. The van der Waals surface area contributed by atoms with Gasteiger partial charge in [0.15, 0.2) is 0 Å². The van der Waals surface area contributed by atoms with Crippen molar-refractivity contribution in [2.75, 3.05) is 18.5 Å². The lowest BCUT2D eigenvalue weighted by molar-refractivity contribution is -0.127. The predicted molar refractivity (Wildman–Crippen MR) is 127 cm³/mol. The Balaban J connectivity index is 1.58. The molecule has 4 rings (SSSR count). The van der Waals surface area contributed by atoms with Crippen LogP contribution in [0, 0.1) is 5.82 Å². The Morgan fingerprint density at radius 3 is 2.61 bits per heavy atom. The van der Waals surface area contributed by atoms with Crippen LogP contribution < -0.4 is 10.1 Å². The summed E-state index contributed by atoms with van der Waals surface area (Å²) in [5.41, 5.74) is 1.08. The van der Waals surface area contributed by atoms with Crippen LogP contribution in [-0.2, 0) is 9.59 Å². The van der Waals surface area contributed by atoms with Crippen LogP contribution >= 0.6 is 11.8 Å². The minimum atomic E-state index is -0.553. The Labute approximate surface area is 194 Å². The predicted octanol–water partition coefficient (Wildman–Crippen LogP) is 5.44. The van der Waals surface area contributed by atoms with E-state index < -0.39 is 29.4 Å². The van der Waals surface area contributed by atoms with Crippen LogP contribution in [-0.4, -0.2) is 35.1 Å². The van der Waals surface area contributed by atoms with Crippen LogP contribution in [0.2, 0.25) is 0 Å². The highest BCUT2D eigenvalue weighted by Crippen LogP contribution is 2.36. The highest BCUT2D eigenvalue weighted by Gasteiger charge is 2.36. The largest absolute Gasteiger partial charge is 0.493 e. The number of hydrogen-bond acceptors (Lipinski definition) is 5. The molecule has 0 bridgehead atoms. The monoisotopic (exact) mass is 464 g/mol. The van der Waals surface area contributed by atoms with Gasteiger partial charge in [0, 0.05) is 11.3 Å². The molecule has 0 aliphatic carbocycles. The molecule has 1 aliphatic heterocycles. The van der Waals surface area contributed by atoms with Crippen molar-refractivity contribution in [3.05, 3.63) is 76.9 Å². The average molecular weight is 465 g/mol. The van der Waals surface area contributed by atoms with Crippen LogP contribution in [0.3, 0.4) is 0 Å². The minimum absolute atomic E-state index is 0.215. The summed E-state index contributed by atoms with van der Waals surface area (Å²) in [7, 11) is 0. The van der Waals surface area contributed by atoms with Crippen molar-refractivity contribution in [1.82, 2.24) is 4.90 Å². The van der Waals surface area contributed by atoms with Crippen molar-refractivity contribution in [1.29, 1.82) is 0 Å². The van der Waals surface area contributed by atoms with Crippen LogP contribution in [0.5, 0.6) is 5.75 Å². The SMILES string of the molecule is CCCOc1ccc2ccccc2c1/C=C1\SC(=O)N(CC(=O)Nc2ccc(F)cc2)C1=O. The number of rotatable bonds is 7. The second-order valence-electron chi connectivity index (χ2n) is 7.37. The van der Waals surface area contributed by atoms with Gasteiger partial charge in [-0.1, -0.05) is 37.3 Å². The molecule has 0 aromatic heterocycles. The third-order valence-electron chi connectivity index (χ3n) is 4.97. The number of imide groups is 1. The van der Waals surface area contributed by atoms with E-state index in [2.05, 4.69) is 5.32 Å². The molecular formula is C25H21FN2O4S. The van der Waals surface area contributed by atoms with E-state index in [0.717, 1.165) is 33.9 Å². The Morgan fingerprint density at radius 2 is 1.85 bits per heavy atom. The highest BCUT2D eigenvalue weighted by molar-refractivity contribution is 8.18. The smallest absolute Gasteiger partial charge is 0.294 e. The number of halogens is 1. The van der Waals surface area contributed by atoms with Gasteiger partial charge in [-0.05, 0) is 65.4 Å². The van der Waals surface area contributed by atoms with E-state index >= 15 is 0 Å². The number of carbonyl (C=O) groups excluding carboxylic acids is 3. The molecule has 0 atom stereocenters. The van der Waals surface area contributed by atoms with Crippen molar-refractivity contribution in [3.8, 4) is 5.75 Å². The van der Waals surface area contributed by atoms with E-state index in [1.54, 1.807) is 6.08 Å². The third kappa shape index (κ3) is 5.06. The Hall–Kier alpha value is -3.65. The fourth-order valence-electron chi connectivity index (χ4n) is 3.41. The Bertz CT molecular complexity index is 1260. The van der Waals surface area contributed by atoms with Crippen LogP contribution in [0.1, 0.15) is 18.9 Å². The van der Waals surface area contributed by atoms with E-state index in [1.165, 1.54) is 24.3 Å². The fraction of sp³-hybridized carbons (Fsp3) is 0.160. The zero-order valence-electron chi connectivity index (χ0n) is 17.8. The summed E-state index contributed by atoms with van der Waals surface area (Å²) in [5.74, 6) is -0.910. The van der Waals surface area contributed by atoms with Gasteiger partial charge in [-0.2, -0.15) is 0 Å². The van der Waals surface area contributed by atoms with Crippen LogP contribution in [0.4, 0.5) is 14.9 Å². The summed E-state index contributed by atoms with van der Waals surface area (Å²) in [5, 5.41) is 3.90. The van der Waals surface area contributed by atoms with Crippen LogP contribution in [0.25, 0.3) is 16.8 Å². The number of ether oxygens (including phenoxy) is 1. The highest BCUT2D eigenvalue weighted by atomic mass is 32.2. The molecule has 0 spiro atoms. The number of thioether (sulfide) groups is 1. The van der Waals surface area contributed by atoms with Gasteiger partial charge in [0.2, 0.25) is 5.91 Å². The van der Waals surface area contributed by atoms with Gasteiger partial charge in [0.25, 0.3) is 11.1 Å². The minimum Gasteiger partial charge on any atom is -0.493 e. The lowest BCUT2D eigenvalue weighted by atomic mass is 10.0. The first-order valence-corrected chi connectivity index (χ1v) is 11.2. The van der Waals surface area contributed by atoms with Crippen LogP contribution in [0.15, 0.2) is 65.6 Å². The summed E-state index contributed by atoms with van der Waals surface area (Å²) in [6, 6.07) is 16.7. The van der Waals surface area contributed by atoms with Crippen molar-refractivity contribution in [2.24, 2.45) is 0 Å². The topological polar surface area (TPSA) is 75.7 Å². The lowest BCUT2D eigenvalue weighted by Gasteiger charge is -2.13. The number of fused-ring (bicyclic) bond motifs is 1. The van der Waals surface area contributed by atoms with Gasteiger partial charge in [-0.25, -0.2) is 4.39 Å². The molecule has 1 fully saturated rings. The lowest BCUT2D eigenvalue weighted by Crippen LogP contribution is -2.36. The summed E-state index contributed by atoms with van der Waals surface area (Å²) < 4.78 is 18.9. The molecule has 0 unspecified atom stereocenters. The molecule has 1 aliphatic rings. The van der Waals surface area contributed by atoms with E-state index in [0.29, 0.717) is 23.6 Å². The molecule has 3 amide bonds. The fourth-order valence-corrected chi connectivity index (χ4v) is 4.23. The zero-order chi connectivity index (χ0) is 23.4. The number of hydrogen-bond donors (Lipinski definition) is 1. The molecule has 3 aromatic rings. The van der Waals surface area contributed by atoms with E-state index in [4.69, 9.17) is 4.74 Å².